The summed E-state index contributed by atoms with van der Waals surface area (Å²) in [6.45, 7) is 18.5. The van der Waals surface area contributed by atoms with Gasteiger partial charge in [-0.1, -0.05) is 84.5 Å². The largest absolute Gasteiger partial charge is 0.493 e. The van der Waals surface area contributed by atoms with Gasteiger partial charge in [-0.15, -0.1) is 0 Å². The van der Waals surface area contributed by atoms with Crippen molar-refractivity contribution in [3.05, 3.63) is 86.6 Å². The Balaban J connectivity index is 1.55. The number of unbranched alkanes of at least 4 members (excludes halogenated alkanes) is 1. The molecule has 0 bridgehead atoms. The van der Waals surface area contributed by atoms with Crippen molar-refractivity contribution in [3.63, 3.8) is 0 Å². The third-order valence-electron chi connectivity index (χ3n) is 9.14. The highest BCUT2D eigenvalue weighted by Gasteiger charge is 2.27. The number of aryl methyl sites for hydroxylation is 1. The van der Waals surface area contributed by atoms with Gasteiger partial charge in [0.15, 0.2) is 5.16 Å². The topological polar surface area (TPSA) is 73.2 Å². The first kappa shape index (κ1) is 36.3. The Morgan fingerprint density at radius 2 is 1.69 bits per heavy atom. The first-order valence-corrected chi connectivity index (χ1v) is 17.1. The summed E-state index contributed by atoms with van der Waals surface area (Å²) in [6, 6.07) is 12.8. The maximum atomic E-state index is 13.3. The maximum absolute atomic E-state index is 13.3. The van der Waals surface area contributed by atoms with Crippen molar-refractivity contribution < 1.29 is 13.9 Å². The molecule has 0 fully saturated rings. The van der Waals surface area contributed by atoms with E-state index in [0.29, 0.717) is 42.4 Å². The van der Waals surface area contributed by atoms with Gasteiger partial charge in [0.25, 0.3) is 5.56 Å². The molecule has 2 aromatic carbocycles. The van der Waals surface area contributed by atoms with Crippen LogP contribution in [0.25, 0.3) is 0 Å². The van der Waals surface area contributed by atoms with Crippen LogP contribution in [0.15, 0.2) is 52.4 Å². The van der Waals surface area contributed by atoms with E-state index in [9.17, 15) is 14.0 Å². The van der Waals surface area contributed by atoms with Crippen molar-refractivity contribution in [1.82, 2.24) is 14.9 Å². The zero-order valence-corrected chi connectivity index (χ0v) is 29.5. The lowest BCUT2D eigenvalue weighted by molar-refractivity contribution is -0.120. The number of carbonyl (C=O) groups excluding carboxylic acids is 1. The average molecular weight is 638 g/mol. The Labute approximate surface area is 273 Å². The molecule has 1 heterocycles. The molecule has 246 valence electrons. The van der Waals surface area contributed by atoms with E-state index >= 15 is 0 Å². The lowest BCUT2D eigenvalue weighted by atomic mass is 9.76. The SMILES string of the molecule is CCC(Sc1nc(C)c(Cc2ccc(F)cc2)c(=O)n1C)C(=O)NCCCCOc1ccc(C(C)(C)CC)cc1C(C)(C)CC. The number of amides is 1. The van der Waals surface area contributed by atoms with Crippen molar-refractivity contribution in [2.75, 3.05) is 13.2 Å². The molecule has 0 aliphatic rings. The van der Waals surface area contributed by atoms with E-state index in [2.05, 4.69) is 70.0 Å². The fourth-order valence-electron chi connectivity index (χ4n) is 5.03. The van der Waals surface area contributed by atoms with Gasteiger partial charge in [0.1, 0.15) is 11.6 Å². The van der Waals surface area contributed by atoms with Gasteiger partial charge in [0.05, 0.1) is 11.9 Å². The number of rotatable bonds is 16. The standard InChI is InChI=1S/C37H52FN3O3S/c1-10-32(45-35-40-25(4)29(34(43)41(35)9)23-26-15-18-28(38)19-16-26)33(42)39-21-13-14-22-44-31-20-17-27(36(5,6)11-2)24-30(31)37(7,8)12-3/h15-20,24,32H,10-14,21-23H2,1-9H3,(H,39,42). The summed E-state index contributed by atoms with van der Waals surface area (Å²) in [5.74, 6) is 0.570. The number of thioether (sulfide) groups is 1. The smallest absolute Gasteiger partial charge is 0.257 e. The van der Waals surface area contributed by atoms with E-state index < -0.39 is 0 Å². The summed E-state index contributed by atoms with van der Waals surface area (Å²) < 4.78 is 21.1. The van der Waals surface area contributed by atoms with Gasteiger partial charge >= 0.3 is 0 Å². The van der Waals surface area contributed by atoms with E-state index in [0.717, 1.165) is 37.0 Å². The van der Waals surface area contributed by atoms with Crippen LogP contribution in [-0.4, -0.2) is 33.9 Å². The number of nitrogens with one attached hydrogen (secondary N) is 1. The van der Waals surface area contributed by atoms with Gasteiger partial charge in [-0.05, 0) is 79.2 Å². The highest BCUT2D eigenvalue weighted by atomic mass is 32.2. The van der Waals surface area contributed by atoms with E-state index in [-0.39, 0.29) is 33.4 Å². The zero-order chi connectivity index (χ0) is 33.4. The first-order valence-electron chi connectivity index (χ1n) is 16.3. The van der Waals surface area contributed by atoms with Gasteiger partial charge in [-0.3, -0.25) is 14.2 Å². The summed E-state index contributed by atoms with van der Waals surface area (Å²) in [7, 11) is 1.68. The molecule has 0 saturated heterocycles. The number of hydrogen-bond donors (Lipinski definition) is 1. The molecule has 0 aliphatic carbocycles. The summed E-state index contributed by atoms with van der Waals surface area (Å²) in [4.78, 5) is 30.9. The summed E-state index contributed by atoms with van der Waals surface area (Å²) >= 11 is 1.31. The highest BCUT2D eigenvalue weighted by molar-refractivity contribution is 8.00. The van der Waals surface area contributed by atoms with Crippen LogP contribution in [0.2, 0.25) is 0 Å². The Hall–Kier alpha value is -3.13. The fourth-order valence-corrected chi connectivity index (χ4v) is 6.07. The van der Waals surface area contributed by atoms with Crippen molar-refractivity contribution in [2.45, 2.75) is 115 Å². The number of ether oxygens (including phenoxy) is 1. The van der Waals surface area contributed by atoms with Crippen LogP contribution in [-0.2, 0) is 29.1 Å². The molecule has 3 aromatic rings. The minimum atomic E-state index is -0.369. The molecule has 45 heavy (non-hydrogen) atoms. The lowest BCUT2D eigenvalue weighted by Crippen LogP contribution is -2.34. The highest BCUT2D eigenvalue weighted by Crippen LogP contribution is 2.38. The number of aromatic nitrogens is 2. The predicted octanol–water partition coefficient (Wildman–Crippen LogP) is 8.04. The molecule has 0 aliphatic heterocycles. The van der Waals surface area contributed by atoms with E-state index in [4.69, 9.17) is 4.74 Å². The molecule has 0 radical (unpaired) electrons. The van der Waals surface area contributed by atoms with Crippen molar-refractivity contribution in [3.8, 4) is 5.75 Å². The maximum Gasteiger partial charge on any atom is 0.257 e. The first-order chi connectivity index (χ1) is 21.2. The molecule has 0 spiro atoms. The predicted molar refractivity (Wildman–Crippen MR) is 184 cm³/mol. The van der Waals surface area contributed by atoms with Gasteiger partial charge < -0.3 is 10.1 Å². The van der Waals surface area contributed by atoms with E-state index in [1.54, 1.807) is 26.1 Å². The molecule has 1 atom stereocenters. The number of carbonyl (C=O) groups is 1. The van der Waals surface area contributed by atoms with Crippen LogP contribution in [0.1, 0.15) is 109 Å². The quantitative estimate of drug-likeness (QED) is 0.0978. The molecule has 1 unspecified atom stereocenters. The van der Waals surface area contributed by atoms with Gasteiger partial charge in [-0.2, -0.15) is 0 Å². The zero-order valence-electron chi connectivity index (χ0n) is 28.7. The third kappa shape index (κ3) is 9.44. The van der Waals surface area contributed by atoms with Crippen LogP contribution >= 0.6 is 11.8 Å². The van der Waals surface area contributed by atoms with Gasteiger partial charge in [0.2, 0.25) is 5.91 Å². The fraction of sp³-hybridized carbons (Fsp3) is 0.541. The van der Waals surface area contributed by atoms with Crippen LogP contribution < -0.4 is 15.6 Å². The summed E-state index contributed by atoms with van der Waals surface area (Å²) in [6.07, 6.45) is 4.69. The molecule has 0 saturated carbocycles. The summed E-state index contributed by atoms with van der Waals surface area (Å²) in [5, 5.41) is 3.20. The lowest BCUT2D eigenvalue weighted by Gasteiger charge is -2.30. The van der Waals surface area contributed by atoms with Gasteiger partial charge in [-0.25, -0.2) is 9.37 Å². The third-order valence-corrected chi connectivity index (χ3v) is 10.5. The molecule has 8 heteroatoms. The molecule has 3 rings (SSSR count). The number of nitrogens with zero attached hydrogens (tertiary/aromatic N) is 2. The van der Waals surface area contributed by atoms with Crippen LogP contribution in [0.3, 0.4) is 0 Å². The van der Waals surface area contributed by atoms with Gasteiger partial charge in [0, 0.05) is 36.8 Å². The Kier molecular flexibility index (Phi) is 12.9. The second-order valence-electron chi connectivity index (χ2n) is 13.2. The molecular formula is C37H52FN3O3S. The Morgan fingerprint density at radius 3 is 2.31 bits per heavy atom. The number of benzene rings is 2. The van der Waals surface area contributed by atoms with Crippen LogP contribution in [0, 0.1) is 12.7 Å². The normalized spacial score (nSPS) is 12.7. The van der Waals surface area contributed by atoms with Crippen LogP contribution in [0.5, 0.6) is 5.75 Å². The minimum Gasteiger partial charge on any atom is -0.493 e. The molecule has 6 nitrogen and oxygen atoms in total. The molecule has 1 aromatic heterocycles. The second kappa shape index (κ2) is 15.9. The van der Waals surface area contributed by atoms with Crippen LogP contribution in [0.4, 0.5) is 4.39 Å². The van der Waals surface area contributed by atoms with E-state index in [1.165, 1.54) is 39.6 Å². The monoisotopic (exact) mass is 637 g/mol. The molecule has 1 amide bonds. The average Bonchev–Trinajstić information content (AvgIpc) is 3.02. The minimum absolute atomic E-state index is 0.00970. The molecule has 1 N–H and O–H groups in total. The second-order valence-corrected chi connectivity index (χ2v) is 14.3. The summed E-state index contributed by atoms with van der Waals surface area (Å²) in [5.41, 5.74) is 4.59. The Bertz CT molecular complexity index is 1500. The molecular weight excluding hydrogens is 585 g/mol. The van der Waals surface area contributed by atoms with Crippen molar-refractivity contribution >= 4 is 17.7 Å². The number of hydrogen-bond acceptors (Lipinski definition) is 5. The van der Waals surface area contributed by atoms with Crippen molar-refractivity contribution in [1.29, 1.82) is 0 Å². The van der Waals surface area contributed by atoms with E-state index in [1.807, 2.05) is 6.92 Å². The Morgan fingerprint density at radius 1 is 1.02 bits per heavy atom. The number of halogens is 1. The van der Waals surface area contributed by atoms with Crippen molar-refractivity contribution in [2.24, 2.45) is 7.05 Å².